The molecule has 6 heteroatoms. The van der Waals surface area contributed by atoms with Crippen molar-refractivity contribution < 1.29 is 23.7 Å². The Morgan fingerprint density at radius 2 is 0.618 bits per heavy atom. The van der Waals surface area contributed by atoms with Crippen molar-refractivity contribution in [1.82, 2.24) is 0 Å². The maximum Gasteiger partial charge on any atom is 0.140 e. The van der Waals surface area contributed by atoms with Crippen LogP contribution in [0.2, 0.25) is 0 Å². The van der Waals surface area contributed by atoms with Crippen LogP contribution in [-0.2, 0) is 0 Å². The van der Waals surface area contributed by atoms with Crippen molar-refractivity contribution in [3.63, 3.8) is 0 Å². The van der Waals surface area contributed by atoms with Gasteiger partial charge in [-0.25, -0.2) is 0 Å². The number of methoxy groups -OCH3 is 3. The predicted octanol–water partition coefficient (Wildman–Crippen LogP) is 17.0. The van der Waals surface area contributed by atoms with Gasteiger partial charge in [-0.05, 0) is 189 Å². The van der Waals surface area contributed by atoms with Crippen molar-refractivity contribution in [3.05, 3.63) is 274 Å². The molecule has 6 nitrogen and oxygen atoms in total. The molecule has 0 aliphatic heterocycles. The second kappa shape index (κ2) is 24.7. The summed E-state index contributed by atoms with van der Waals surface area (Å²) in [6.45, 7) is 5.64. The Kier molecular flexibility index (Phi) is 16.6. The fraction of sp³-hybridized carbons (Fsp3) is 0.0857. The zero-order valence-corrected chi connectivity index (χ0v) is 43.5. The number of nitrogens with zero attached hydrogens (tertiary/aromatic N) is 1. The first-order chi connectivity index (χ1) is 37.3. The molecule has 0 atom stereocenters. The summed E-state index contributed by atoms with van der Waals surface area (Å²) in [5.74, 6) is 9.34. The number of hydrogen-bond acceptors (Lipinski definition) is 6. The van der Waals surface area contributed by atoms with Gasteiger partial charge in [-0.3, -0.25) is 0 Å². The zero-order chi connectivity index (χ0) is 52.6. The largest absolute Gasteiger partial charge is 0.497 e. The first-order valence-corrected chi connectivity index (χ1v) is 24.9. The van der Waals surface area contributed by atoms with E-state index in [1.54, 1.807) is 35.2 Å². The first kappa shape index (κ1) is 51.0. The highest BCUT2D eigenvalue weighted by molar-refractivity contribution is 5.95. The molecule has 0 spiro atoms. The fourth-order valence-electron chi connectivity index (χ4n) is 8.96. The summed E-state index contributed by atoms with van der Waals surface area (Å²) in [6, 6.07) is 75.1. The number of aryl methyl sites for hydroxylation is 1. The normalized spacial score (nSPS) is 11.0. The molecule has 372 valence electrons. The maximum absolute atomic E-state index is 5.73. The second-order valence-electron chi connectivity index (χ2n) is 17.8. The zero-order valence-electron chi connectivity index (χ0n) is 43.5. The van der Waals surface area contributed by atoms with Gasteiger partial charge >= 0.3 is 0 Å². The van der Waals surface area contributed by atoms with Gasteiger partial charge in [0.05, 0.1) is 21.3 Å². The molecule has 0 unspecified atom stereocenters. The minimum Gasteiger partial charge on any atom is -0.497 e. The number of anilines is 3. The van der Waals surface area contributed by atoms with Crippen molar-refractivity contribution in [2.24, 2.45) is 0 Å². The van der Waals surface area contributed by atoms with Crippen LogP contribution in [0.3, 0.4) is 0 Å². The quantitative estimate of drug-likeness (QED) is 0.0669. The summed E-state index contributed by atoms with van der Waals surface area (Å²) < 4.78 is 28.4. The third-order valence-corrected chi connectivity index (χ3v) is 12.7. The van der Waals surface area contributed by atoms with E-state index in [9.17, 15) is 0 Å². The van der Waals surface area contributed by atoms with E-state index in [4.69, 9.17) is 23.7 Å². The second-order valence-corrected chi connectivity index (χ2v) is 17.8. The van der Waals surface area contributed by atoms with E-state index >= 15 is 0 Å². The first-order valence-electron chi connectivity index (χ1n) is 24.9. The minimum atomic E-state index is 0.666. The summed E-state index contributed by atoms with van der Waals surface area (Å²) in [5.41, 5.74) is 16.5. The molecule has 0 N–H and O–H groups in total. The molecule has 9 aromatic carbocycles. The van der Waals surface area contributed by atoms with E-state index in [1.165, 1.54) is 5.56 Å². The van der Waals surface area contributed by atoms with E-state index in [0.29, 0.717) is 11.5 Å². The molecular formula is C70H57NO5. The summed E-state index contributed by atoms with van der Waals surface area (Å²) >= 11 is 0. The number of ether oxygens (including phenoxy) is 5. The van der Waals surface area contributed by atoms with Crippen LogP contribution < -0.4 is 28.6 Å². The summed E-state index contributed by atoms with van der Waals surface area (Å²) in [6.07, 6.45) is 12.1. The van der Waals surface area contributed by atoms with Gasteiger partial charge in [0.25, 0.3) is 0 Å². The summed E-state index contributed by atoms with van der Waals surface area (Å²) in [5, 5.41) is 0. The topological polar surface area (TPSA) is 49.4 Å². The average Bonchev–Trinajstić information content (AvgIpc) is 3.47. The Bertz CT molecular complexity index is 3640. The fourth-order valence-corrected chi connectivity index (χ4v) is 8.96. The molecule has 0 bridgehead atoms. The Labute approximate surface area is 447 Å². The van der Waals surface area contributed by atoms with E-state index in [-0.39, 0.29) is 0 Å². The Morgan fingerprint density at radius 1 is 0.342 bits per heavy atom. The molecule has 0 saturated heterocycles. The highest BCUT2D eigenvalue weighted by Crippen LogP contribution is 2.39. The van der Waals surface area contributed by atoms with Crippen LogP contribution in [0.15, 0.2) is 218 Å². The summed E-state index contributed by atoms with van der Waals surface area (Å²) in [4.78, 5) is 2.29. The maximum atomic E-state index is 5.73. The van der Waals surface area contributed by atoms with Gasteiger partial charge < -0.3 is 28.6 Å². The highest BCUT2D eigenvalue weighted by atomic mass is 16.5. The SMILES string of the molecule is CC#COc1cccc(C(=Cc2ccc(N(c3ccc(C=C(c4cccc(OC)c4)c4cccc(OC)c4)cc3)c3ccc(C=C(c4cccc(OC)c4)c4cccc(OC#CC)c4)cc3)cc2)c2cccc(C)c2)c1. The third-order valence-electron chi connectivity index (χ3n) is 12.7. The van der Waals surface area contributed by atoms with Crippen LogP contribution in [0, 0.1) is 31.0 Å². The van der Waals surface area contributed by atoms with Crippen LogP contribution in [-0.4, -0.2) is 21.3 Å². The molecule has 0 fully saturated rings. The van der Waals surface area contributed by atoms with Gasteiger partial charge in [0.1, 0.15) is 41.0 Å². The molecule has 0 aromatic heterocycles. The molecule has 0 amide bonds. The number of hydrogen-bond donors (Lipinski definition) is 0. The molecule has 0 heterocycles. The van der Waals surface area contributed by atoms with E-state index < -0.39 is 0 Å². The lowest BCUT2D eigenvalue weighted by atomic mass is 9.94. The number of benzene rings is 9. The predicted molar refractivity (Wildman–Crippen MR) is 313 cm³/mol. The van der Waals surface area contributed by atoms with Crippen molar-refractivity contribution in [1.29, 1.82) is 0 Å². The minimum absolute atomic E-state index is 0.666. The standard InChI is InChI=1S/C70H57NO5/c1-7-39-75-66-25-13-20-58(48-66)68(54-16-9-15-50(3)41-54)42-51-27-33-60(34-28-51)71(61-35-29-52(30-36-61)43-69(55-17-10-22-63(45-55)72-4)56-18-11-23-64(46-56)73-5)62-37-31-53(32-38-62)44-70(57-19-12-24-65(47-57)74-6)59-21-14-26-67(49-59)76-40-8-2/h9-38,41-49H,1-6H3. The monoisotopic (exact) mass is 991 g/mol. The molecule has 9 rings (SSSR count). The van der Waals surface area contributed by atoms with Crippen LogP contribution in [0.1, 0.15) is 69.5 Å². The van der Waals surface area contributed by atoms with Gasteiger partial charge in [0.2, 0.25) is 0 Å². The van der Waals surface area contributed by atoms with Gasteiger partial charge in [-0.1, -0.05) is 139 Å². The van der Waals surface area contributed by atoms with Crippen LogP contribution in [0.5, 0.6) is 28.7 Å². The van der Waals surface area contributed by atoms with Crippen LogP contribution >= 0.6 is 0 Å². The van der Waals surface area contributed by atoms with Crippen molar-refractivity contribution in [3.8, 4) is 52.8 Å². The average molecular weight is 992 g/mol. The van der Waals surface area contributed by atoms with Gasteiger partial charge in [-0.2, -0.15) is 0 Å². The van der Waals surface area contributed by atoms with Gasteiger partial charge in [0.15, 0.2) is 0 Å². The molecule has 9 aromatic rings. The van der Waals surface area contributed by atoms with Crippen molar-refractivity contribution >= 4 is 52.0 Å². The van der Waals surface area contributed by atoms with E-state index in [2.05, 4.69) is 194 Å². The molecule has 0 aliphatic carbocycles. The van der Waals surface area contributed by atoms with Crippen molar-refractivity contribution in [2.75, 3.05) is 26.2 Å². The lowest BCUT2D eigenvalue weighted by molar-refractivity contribution is 0.414. The Hall–Kier alpha value is -9.88. The van der Waals surface area contributed by atoms with Gasteiger partial charge in [0, 0.05) is 30.9 Å². The Morgan fingerprint density at radius 3 is 0.908 bits per heavy atom. The smallest absolute Gasteiger partial charge is 0.140 e. The van der Waals surface area contributed by atoms with Crippen LogP contribution in [0.25, 0.3) is 34.9 Å². The molecular weight excluding hydrogens is 935 g/mol. The van der Waals surface area contributed by atoms with Gasteiger partial charge in [-0.15, -0.1) is 0 Å². The van der Waals surface area contributed by atoms with E-state index in [0.717, 1.165) is 101 Å². The van der Waals surface area contributed by atoms with E-state index in [1.807, 2.05) is 78.9 Å². The van der Waals surface area contributed by atoms with Crippen LogP contribution in [0.4, 0.5) is 17.1 Å². The third kappa shape index (κ3) is 12.6. The molecule has 0 radical (unpaired) electrons. The lowest BCUT2D eigenvalue weighted by Gasteiger charge is -2.26. The highest BCUT2D eigenvalue weighted by Gasteiger charge is 2.16. The summed E-state index contributed by atoms with van der Waals surface area (Å²) in [7, 11) is 5.07. The Balaban J connectivity index is 1.14. The molecule has 76 heavy (non-hydrogen) atoms. The molecule has 0 saturated carbocycles. The lowest BCUT2D eigenvalue weighted by Crippen LogP contribution is -2.09. The number of rotatable bonds is 17. The van der Waals surface area contributed by atoms with Crippen molar-refractivity contribution in [2.45, 2.75) is 20.8 Å². The molecule has 0 aliphatic rings.